The van der Waals surface area contributed by atoms with Crippen LogP contribution in [-0.4, -0.2) is 48.1 Å². The normalized spacial score (nSPS) is 24.9. The summed E-state index contributed by atoms with van der Waals surface area (Å²) in [5.41, 5.74) is 0. The molecule has 2 heteroatoms. The zero-order chi connectivity index (χ0) is 9.84. The molecular formula is C11H24N2. The van der Waals surface area contributed by atoms with Gasteiger partial charge in [-0.1, -0.05) is 13.8 Å². The van der Waals surface area contributed by atoms with Gasteiger partial charge in [0.2, 0.25) is 0 Å². The predicted octanol–water partition coefficient (Wildman–Crippen LogP) is 1.81. The maximum absolute atomic E-state index is 2.59. The Labute approximate surface area is 82.9 Å². The van der Waals surface area contributed by atoms with Gasteiger partial charge in [-0.05, 0) is 33.4 Å². The lowest BCUT2D eigenvalue weighted by molar-refractivity contribution is 0.198. The van der Waals surface area contributed by atoms with Gasteiger partial charge in [-0.3, -0.25) is 9.80 Å². The van der Waals surface area contributed by atoms with Crippen LogP contribution in [0.4, 0.5) is 0 Å². The standard InChI is InChI=1S/C11H24N2/c1-5-12(6-2)11-7-8-13(9-11)10(3)4/h10-11H,5-9H2,1-4H3/t11-/m0/s1. The summed E-state index contributed by atoms with van der Waals surface area (Å²) in [4.78, 5) is 5.17. The van der Waals surface area contributed by atoms with E-state index in [1.807, 2.05) is 0 Å². The molecule has 1 rings (SSSR count). The third-order valence-corrected chi connectivity index (χ3v) is 3.25. The SMILES string of the molecule is CCN(CC)[C@H]1CCN(C(C)C)C1. The van der Waals surface area contributed by atoms with E-state index in [4.69, 9.17) is 0 Å². The topological polar surface area (TPSA) is 6.48 Å². The Hall–Kier alpha value is -0.0800. The zero-order valence-corrected chi connectivity index (χ0v) is 9.58. The van der Waals surface area contributed by atoms with Crippen LogP contribution in [0.5, 0.6) is 0 Å². The molecule has 78 valence electrons. The molecule has 13 heavy (non-hydrogen) atoms. The van der Waals surface area contributed by atoms with E-state index >= 15 is 0 Å². The van der Waals surface area contributed by atoms with Crippen molar-refractivity contribution in [3.8, 4) is 0 Å². The molecule has 0 radical (unpaired) electrons. The number of rotatable bonds is 4. The molecule has 1 saturated heterocycles. The van der Waals surface area contributed by atoms with E-state index in [0.717, 1.165) is 12.1 Å². The van der Waals surface area contributed by atoms with Gasteiger partial charge in [0.1, 0.15) is 0 Å². The van der Waals surface area contributed by atoms with E-state index in [9.17, 15) is 0 Å². The fraction of sp³-hybridized carbons (Fsp3) is 1.00. The average molecular weight is 184 g/mol. The Morgan fingerprint density at radius 3 is 2.31 bits per heavy atom. The first kappa shape index (κ1) is 11.0. The quantitative estimate of drug-likeness (QED) is 0.657. The molecule has 0 N–H and O–H groups in total. The summed E-state index contributed by atoms with van der Waals surface area (Å²) in [6.07, 6.45) is 1.36. The zero-order valence-electron chi connectivity index (χ0n) is 9.58. The summed E-state index contributed by atoms with van der Waals surface area (Å²) in [6.45, 7) is 14.1. The lowest BCUT2D eigenvalue weighted by Gasteiger charge is -2.27. The first-order valence-electron chi connectivity index (χ1n) is 5.67. The van der Waals surface area contributed by atoms with Gasteiger partial charge in [0, 0.05) is 25.2 Å². The van der Waals surface area contributed by atoms with Crippen molar-refractivity contribution in [1.82, 2.24) is 9.80 Å². The highest BCUT2D eigenvalue weighted by Crippen LogP contribution is 2.17. The van der Waals surface area contributed by atoms with Gasteiger partial charge in [-0.25, -0.2) is 0 Å². The van der Waals surface area contributed by atoms with E-state index in [2.05, 4.69) is 37.5 Å². The van der Waals surface area contributed by atoms with Crippen LogP contribution in [0.25, 0.3) is 0 Å². The van der Waals surface area contributed by atoms with Crippen LogP contribution in [0.3, 0.4) is 0 Å². The van der Waals surface area contributed by atoms with Crippen LogP contribution < -0.4 is 0 Å². The van der Waals surface area contributed by atoms with Crippen molar-refractivity contribution < 1.29 is 0 Å². The number of hydrogen-bond acceptors (Lipinski definition) is 2. The smallest absolute Gasteiger partial charge is 0.0235 e. The van der Waals surface area contributed by atoms with Crippen molar-refractivity contribution >= 4 is 0 Å². The van der Waals surface area contributed by atoms with Crippen molar-refractivity contribution in [1.29, 1.82) is 0 Å². The van der Waals surface area contributed by atoms with E-state index in [1.165, 1.54) is 32.6 Å². The number of likely N-dealkylation sites (N-methyl/N-ethyl adjacent to an activating group) is 1. The first-order chi connectivity index (χ1) is 6.19. The van der Waals surface area contributed by atoms with Gasteiger partial charge >= 0.3 is 0 Å². The van der Waals surface area contributed by atoms with E-state index in [-0.39, 0.29) is 0 Å². The van der Waals surface area contributed by atoms with Crippen LogP contribution in [-0.2, 0) is 0 Å². The summed E-state index contributed by atoms with van der Waals surface area (Å²) >= 11 is 0. The van der Waals surface area contributed by atoms with Crippen LogP contribution in [0, 0.1) is 0 Å². The molecule has 2 nitrogen and oxygen atoms in total. The van der Waals surface area contributed by atoms with E-state index < -0.39 is 0 Å². The van der Waals surface area contributed by atoms with Crippen molar-refractivity contribution in [3.63, 3.8) is 0 Å². The highest BCUT2D eigenvalue weighted by atomic mass is 15.3. The lowest BCUT2D eigenvalue weighted by atomic mass is 10.2. The lowest BCUT2D eigenvalue weighted by Crippen LogP contribution is -2.38. The maximum Gasteiger partial charge on any atom is 0.0235 e. The fourth-order valence-corrected chi connectivity index (χ4v) is 2.28. The Balaban J connectivity index is 2.39. The van der Waals surface area contributed by atoms with Crippen LogP contribution in [0.15, 0.2) is 0 Å². The molecule has 0 aromatic carbocycles. The minimum absolute atomic E-state index is 0.723. The second kappa shape index (κ2) is 4.97. The summed E-state index contributed by atoms with van der Waals surface area (Å²) in [5.74, 6) is 0. The first-order valence-corrected chi connectivity index (χ1v) is 5.67. The Kier molecular flexibility index (Phi) is 4.20. The Morgan fingerprint density at radius 2 is 1.92 bits per heavy atom. The van der Waals surface area contributed by atoms with Gasteiger partial charge in [-0.2, -0.15) is 0 Å². The highest BCUT2D eigenvalue weighted by molar-refractivity contribution is 4.83. The molecule has 0 aliphatic carbocycles. The molecule has 1 atom stereocenters. The largest absolute Gasteiger partial charge is 0.300 e. The molecule has 0 amide bonds. The molecule has 0 spiro atoms. The minimum atomic E-state index is 0.723. The van der Waals surface area contributed by atoms with Crippen molar-refractivity contribution in [2.45, 2.75) is 46.2 Å². The number of likely N-dealkylation sites (tertiary alicyclic amines) is 1. The summed E-state index contributed by atoms with van der Waals surface area (Å²) in [6, 6.07) is 1.54. The van der Waals surface area contributed by atoms with Gasteiger partial charge in [0.25, 0.3) is 0 Å². The highest BCUT2D eigenvalue weighted by Gasteiger charge is 2.26. The number of hydrogen-bond donors (Lipinski definition) is 0. The van der Waals surface area contributed by atoms with Gasteiger partial charge < -0.3 is 0 Å². The van der Waals surface area contributed by atoms with Crippen molar-refractivity contribution in [2.75, 3.05) is 26.2 Å². The molecule has 0 bridgehead atoms. The van der Waals surface area contributed by atoms with Crippen molar-refractivity contribution in [2.24, 2.45) is 0 Å². The Bertz CT molecular complexity index is 141. The van der Waals surface area contributed by atoms with Gasteiger partial charge in [-0.15, -0.1) is 0 Å². The van der Waals surface area contributed by atoms with E-state index in [1.54, 1.807) is 0 Å². The van der Waals surface area contributed by atoms with Gasteiger partial charge in [0.05, 0.1) is 0 Å². The second-order valence-corrected chi connectivity index (χ2v) is 4.25. The average Bonchev–Trinajstić information content (AvgIpc) is 2.56. The Morgan fingerprint density at radius 1 is 1.31 bits per heavy atom. The van der Waals surface area contributed by atoms with Crippen molar-refractivity contribution in [3.05, 3.63) is 0 Å². The summed E-state index contributed by atoms with van der Waals surface area (Å²) in [5, 5.41) is 0. The molecule has 0 unspecified atom stereocenters. The molecular weight excluding hydrogens is 160 g/mol. The molecule has 1 aliphatic rings. The molecule has 0 aromatic heterocycles. The van der Waals surface area contributed by atoms with Gasteiger partial charge in [0.15, 0.2) is 0 Å². The monoisotopic (exact) mass is 184 g/mol. The third kappa shape index (κ3) is 2.68. The minimum Gasteiger partial charge on any atom is -0.300 e. The molecule has 1 aliphatic heterocycles. The number of nitrogens with zero attached hydrogens (tertiary/aromatic N) is 2. The molecule has 0 saturated carbocycles. The third-order valence-electron chi connectivity index (χ3n) is 3.25. The van der Waals surface area contributed by atoms with E-state index in [0.29, 0.717) is 0 Å². The molecule has 1 fully saturated rings. The van der Waals surface area contributed by atoms with Crippen LogP contribution in [0.1, 0.15) is 34.1 Å². The fourth-order valence-electron chi connectivity index (χ4n) is 2.28. The van der Waals surface area contributed by atoms with Crippen LogP contribution >= 0.6 is 0 Å². The molecule has 1 heterocycles. The summed E-state index contributed by atoms with van der Waals surface area (Å²) < 4.78 is 0. The van der Waals surface area contributed by atoms with Crippen LogP contribution in [0.2, 0.25) is 0 Å². The summed E-state index contributed by atoms with van der Waals surface area (Å²) in [7, 11) is 0. The molecule has 0 aromatic rings. The second-order valence-electron chi connectivity index (χ2n) is 4.25. The predicted molar refractivity (Wildman–Crippen MR) is 58.0 cm³/mol. The maximum atomic E-state index is 2.59.